The van der Waals surface area contributed by atoms with Crippen LogP contribution in [0, 0.1) is 0 Å². The molecule has 0 amide bonds. The molecule has 0 saturated heterocycles. The summed E-state index contributed by atoms with van der Waals surface area (Å²) in [5.74, 6) is -0.232. The van der Waals surface area contributed by atoms with Gasteiger partial charge in [-0.15, -0.1) is 19.8 Å². The van der Waals surface area contributed by atoms with Crippen LogP contribution >= 0.6 is 0 Å². The van der Waals surface area contributed by atoms with Crippen LogP contribution in [0.3, 0.4) is 0 Å². The Morgan fingerprint density at radius 1 is 1.31 bits per heavy atom. The van der Waals surface area contributed by atoms with Gasteiger partial charge in [0.25, 0.3) is 0 Å². The number of anilines is 1. The Morgan fingerprint density at radius 3 is 2.31 bits per heavy atom. The van der Waals surface area contributed by atoms with Gasteiger partial charge >= 0.3 is 6.36 Å². The fourth-order valence-corrected chi connectivity index (χ4v) is 1.07. The zero-order valence-corrected chi connectivity index (χ0v) is 8.71. The van der Waals surface area contributed by atoms with E-state index in [1.165, 1.54) is 24.3 Å². The van der Waals surface area contributed by atoms with Crippen LogP contribution < -0.4 is 10.1 Å². The van der Waals surface area contributed by atoms with Crippen molar-refractivity contribution in [3.05, 3.63) is 36.9 Å². The number of benzene rings is 1. The van der Waals surface area contributed by atoms with Gasteiger partial charge in [0, 0.05) is 11.7 Å². The third kappa shape index (κ3) is 4.25. The van der Waals surface area contributed by atoms with Crippen LogP contribution in [-0.4, -0.2) is 12.4 Å². The van der Waals surface area contributed by atoms with Gasteiger partial charge in [-0.05, 0) is 31.2 Å². The van der Waals surface area contributed by atoms with Gasteiger partial charge in [-0.25, -0.2) is 0 Å². The lowest BCUT2D eigenvalue weighted by molar-refractivity contribution is -0.274. The maximum Gasteiger partial charge on any atom is 0.573 e. The molecule has 1 unspecified atom stereocenters. The molecule has 0 aromatic heterocycles. The highest BCUT2D eigenvalue weighted by Crippen LogP contribution is 2.24. The van der Waals surface area contributed by atoms with E-state index in [0.29, 0.717) is 5.69 Å². The molecule has 1 atom stereocenters. The van der Waals surface area contributed by atoms with Crippen molar-refractivity contribution in [1.82, 2.24) is 0 Å². The molecule has 0 spiro atoms. The molecule has 1 N–H and O–H groups in total. The third-order valence-corrected chi connectivity index (χ3v) is 1.84. The van der Waals surface area contributed by atoms with Gasteiger partial charge in [0.1, 0.15) is 5.75 Å². The first-order chi connectivity index (χ1) is 7.40. The largest absolute Gasteiger partial charge is 0.573 e. The van der Waals surface area contributed by atoms with Crippen LogP contribution in [0.5, 0.6) is 5.75 Å². The second-order valence-electron chi connectivity index (χ2n) is 3.24. The van der Waals surface area contributed by atoms with Gasteiger partial charge < -0.3 is 10.1 Å². The van der Waals surface area contributed by atoms with Crippen LogP contribution in [0.15, 0.2) is 36.9 Å². The fraction of sp³-hybridized carbons (Fsp3) is 0.273. The summed E-state index contributed by atoms with van der Waals surface area (Å²) in [7, 11) is 0. The van der Waals surface area contributed by atoms with Crippen molar-refractivity contribution in [3.63, 3.8) is 0 Å². The minimum Gasteiger partial charge on any atom is -0.406 e. The molecule has 88 valence electrons. The normalized spacial score (nSPS) is 13.0. The molecule has 0 saturated carbocycles. The molecule has 0 aliphatic rings. The topological polar surface area (TPSA) is 21.3 Å². The van der Waals surface area contributed by atoms with Gasteiger partial charge in [-0.1, -0.05) is 6.08 Å². The maximum atomic E-state index is 11.9. The average Bonchev–Trinajstić information content (AvgIpc) is 2.18. The van der Waals surface area contributed by atoms with Crippen molar-refractivity contribution >= 4 is 5.69 Å². The molecular weight excluding hydrogens is 219 g/mol. The van der Waals surface area contributed by atoms with E-state index in [9.17, 15) is 13.2 Å². The Balaban J connectivity index is 2.64. The SMILES string of the molecule is C=CC(C)Nc1ccc(OC(F)(F)F)cc1. The smallest absolute Gasteiger partial charge is 0.406 e. The Morgan fingerprint density at radius 2 is 1.88 bits per heavy atom. The Bertz CT molecular complexity index is 345. The summed E-state index contributed by atoms with van der Waals surface area (Å²) in [5, 5.41) is 3.03. The monoisotopic (exact) mass is 231 g/mol. The Labute approximate surface area is 91.7 Å². The van der Waals surface area contributed by atoms with Crippen LogP contribution in [-0.2, 0) is 0 Å². The number of rotatable bonds is 4. The first-order valence-electron chi connectivity index (χ1n) is 4.65. The van der Waals surface area contributed by atoms with E-state index in [1.54, 1.807) is 6.08 Å². The van der Waals surface area contributed by atoms with Crippen molar-refractivity contribution in [2.24, 2.45) is 0 Å². The van der Waals surface area contributed by atoms with Crippen molar-refractivity contribution in [3.8, 4) is 5.75 Å². The van der Waals surface area contributed by atoms with E-state index in [1.807, 2.05) is 6.92 Å². The van der Waals surface area contributed by atoms with Crippen LogP contribution in [0.25, 0.3) is 0 Å². The number of hydrogen-bond acceptors (Lipinski definition) is 2. The lowest BCUT2D eigenvalue weighted by atomic mass is 10.2. The molecule has 1 aromatic carbocycles. The average molecular weight is 231 g/mol. The molecule has 0 fully saturated rings. The first-order valence-corrected chi connectivity index (χ1v) is 4.65. The summed E-state index contributed by atoms with van der Waals surface area (Å²) in [6.07, 6.45) is -2.95. The number of nitrogens with one attached hydrogen (secondary N) is 1. The maximum absolute atomic E-state index is 11.9. The summed E-state index contributed by atoms with van der Waals surface area (Å²) < 4.78 is 39.3. The van der Waals surface area contributed by atoms with Gasteiger partial charge in [0.15, 0.2) is 0 Å². The summed E-state index contributed by atoms with van der Waals surface area (Å²) >= 11 is 0. The van der Waals surface area contributed by atoms with E-state index in [-0.39, 0.29) is 11.8 Å². The molecule has 1 rings (SSSR count). The minimum absolute atomic E-state index is 0.0504. The zero-order valence-electron chi connectivity index (χ0n) is 8.71. The lowest BCUT2D eigenvalue weighted by Gasteiger charge is -2.12. The molecule has 1 aromatic rings. The second kappa shape index (κ2) is 4.92. The van der Waals surface area contributed by atoms with Crippen molar-refractivity contribution in [2.75, 3.05) is 5.32 Å². The molecule has 5 heteroatoms. The van der Waals surface area contributed by atoms with Crippen molar-refractivity contribution in [1.29, 1.82) is 0 Å². The van der Waals surface area contributed by atoms with Gasteiger partial charge in [0.2, 0.25) is 0 Å². The molecule has 0 radical (unpaired) electrons. The van der Waals surface area contributed by atoms with Crippen LogP contribution in [0.2, 0.25) is 0 Å². The fourth-order valence-electron chi connectivity index (χ4n) is 1.07. The van der Waals surface area contributed by atoms with Gasteiger partial charge in [-0.2, -0.15) is 0 Å². The number of hydrogen-bond donors (Lipinski definition) is 1. The molecule has 0 bridgehead atoms. The van der Waals surface area contributed by atoms with Crippen LogP contribution in [0.1, 0.15) is 6.92 Å². The lowest BCUT2D eigenvalue weighted by Crippen LogP contribution is -2.17. The van der Waals surface area contributed by atoms with E-state index < -0.39 is 6.36 Å². The minimum atomic E-state index is -4.65. The molecule has 0 aliphatic carbocycles. The van der Waals surface area contributed by atoms with E-state index in [0.717, 1.165) is 0 Å². The molecule has 2 nitrogen and oxygen atoms in total. The van der Waals surface area contributed by atoms with Crippen molar-refractivity contribution in [2.45, 2.75) is 19.3 Å². The molecule has 0 aliphatic heterocycles. The van der Waals surface area contributed by atoms with Gasteiger partial charge in [-0.3, -0.25) is 0 Å². The van der Waals surface area contributed by atoms with Gasteiger partial charge in [0.05, 0.1) is 0 Å². The standard InChI is InChI=1S/C11H12F3NO/c1-3-8(2)15-9-4-6-10(7-5-9)16-11(12,13)14/h3-8,15H,1H2,2H3. The summed E-state index contributed by atoms with van der Waals surface area (Å²) in [5.41, 5.74) is 0.710. The first kappa shape index (κ1) is 12.4. The second-order valence-corrected chi connectivity index (χ2v) is 3.24. The Kier molecular flexibility index (Phi) is 3.82. The highest BCUT2D eigenvalue weighted by Gasteiger charge is 2.30. The molecule has 0 heterocycles. The Hall–Kier alpha value is -1.65. The molecular formula is C11H12F3NO. The predicted octanol–water partition coefficient (Wildman–Crippen LogP) is 3.57. The number of halogens is 3. The number of ether oxygens (including phenoxy) is 1. The summed E-state index contributed by atoms with van der Waals surface area (Å²) in [6, 6.07) is 5.59. The zero-order chi connectivity index (χ0) is 12.2. The molecule has 16 heavy (non-hydrogen) atoms. The van der Waals surface area contributed by atoms with E-state index in [2.05, 4.69) is 16.6 Å². The van der Waals surface area contributed by atoms with E-state index >= 15 is 0 Å². The number of alkyl halides is 3. The predicted molar refractivity (Wildman–Crippen MR) is 56.4 cm³/mol. The summed E-state index contributed by atoms with van der Waals surface area (Å²) in [6.45, 7) is 5.47. The van der Waals surface area contributed by atoms with Crippen LogP contribution in [0.4, 0.5) is 18.9 Å². The summed E-state index contributed by atoms with van der Waals surface area (Å²) in [4.78, 5) is 0. The van der Waals surface area contributed by atoms with Crippen molar-refractivity contribution < 1.29 is 17.9 Å². The third-order valence-electron chi connectivity index (χ3n) is 1.84. The highest BCUT2D eigenvalue weighted by atomic mass is 19.4. The quantitative estimate of drug-likeness (QED) is 0.800. The van der Waals surface area contributed by atoms with E-state index in [4.69, 9.17) is 0 Å². The highest BCUT2D eigenvalue weighted by molar-refractivity contribution is 5.47.